The number of carbonyl (C=O) groups excluding carboxylic acids is 2. The molecule has 1 aromatic rings. The van der Waals surface area contributed by atoms with Crippen molar-refractivity contribution in [2.45, 2.75) is 64.5 Å². The Balaban J connectivity index is 2.40. The molecule has 0 aromatic heterocycles. The summed E-state index contributed by atoms with van der Waals surface area (Å²) in [5, 5.41) is 0. The van der Waals surface area contributed by atoms with E-state index in [1.165, 1.54) is 0 Å². The monoisotopic (exact) mass is 374 g/mol. The average Bonchev–Trinajstić information content (AvgIpc) is 2.69. The lowest BCUT2D eigenvalue weighted by molar-refractivity contribution is -0.145. The van der Waals surface area contributed by atoms with E-state index in [2.05, 4.69) is 13.5 Å². The highest BCUT2D eigenvalue weighted by Crippen LogP contribution is 2.08. The first-order valence-electron chi connectivity index (χ1n) is 9.93. The Kier molecular flexibility index (Phi) is 11.9. The van der Waals surface area contributed by atoms with Crippen molar-refractivity contribution in [3.05, 3.63) is 48.6 Å². The molecular formula is C22H34N2O3. The molecule has 150 valence electrons. The maximum Gasteiger partial charge on any atom is 0.306 e. The molecule has 5 heteroatoms. The molecule has 0 spiro atoms. The summed E-state index contributed by atoms with van der Waals surface area (Å²) < 4.78 is 5.25. The highest BCUT2D eigenvalue weighted by atomic mass is 16.5. The fourth-order valence-corrected chi connectivity index (χ4v) is 2.75. The van der Waals surface area contributed by atoms with E-state index >= 15 is 0 Å². The van der Waals surface area contributed by atoms with Gasteiger partial charge < -0.3 is 15.4 Å². The largest absolute Gasteiger partial charge is 0.461 e. The second kappa shape index (κ2) is 14.0. The van der Waals surface area contributed by atoms with Gasteiger partial charge in [-0.15, -0.1) is 6.58 Å². The summed E-state index contributed by atoms with van der Waals surface area (Å²) >= 11 is 0. The fraction of sp³-hybridized carbons (Fsp3) is 0.545. The number of unbranched alkanes of at least 4 members (excludes halogenated alkanes) is 3. The van der Waals surface area contributed by atoms with Crippen molar-refractivity contribution in [3.8, 4) is 0 Å². The van der Waals surface area contributed by atoms with Crippen molar-refractivity contribution in [1.29, 1.82) is 0 Å². The van der Waals surface area contributed by atoms with Gasteiger partial charge in [-0.2, -0.15) is 0 Å². The first-order valence-corrected chi connectivity index (χ1v) is 9.93. The van der Waals surface area contributed by atoms with Crippen LogP contribution in [0.1, 0.15) is 57.4 Å². The van der Waals surface area contributed by atoms with Gasteiger partial charge in [0.15, 0.2) is 0 Å². The molecule has 0 aliphatic carbocycles. The summed E-state index contributed by atoms with van der Waals surface area (Å²) in [6.45, 7) is 7.50. The molecule has 0 aliphatic heterocycles. The van der Waals surface area contributed by atoms with Crippen LogP contribution in [0.25, 0.3) is 0 Å². The number of ether oxygens (including phenoxy) is 1. The molecule has 1 aromatic carbocycles. The number of esters is 1. The standard InChI is InChI=1S/C22H34N2O3/c1-3-5-10-16-24(17-11-6-4-2)22(26)20(23)14-15-21(25)27-18-19-12-8-7-9-13-19/h3,7-9,12-13,20H,1,4-6,10-11,14-18,23H2,2H3/t20-/m1/s1. The van der Waals surface area contributed by atoms with E-state index in [1.807, 2.05) is 41.3 Å². The molecule has 0 unspecified atom stereocenters. The number of allylic oxidation sites excluding steroid dienone is 1. The molecule has 2 N–H and O–H groups in total. The van der Waals surface area contributed by atoms with E-state index in [1.54, 1.807) is 0 Å². The van der Waals surface area contributed by atoms with Crippen LogP contribution in [0, 0.1) is 0 Å². The number of rotatable bonds is 14. The molecule has 0 radical (unpaired) electrons. The number of hydrogen-bond acceptors (Lipinski definition) is 4. The lowest BCUT2D eigenvalue weighted by Gasteiger charge is -2.25. The van der Waals surface area contributed by atoms with Gasteiger partial charge in [0.25, 0.3) is 0 Å². The number of carbonyl (C=O) groups is 2. The molecule has 27 heavy (non-hydrogen) atoms. The number of hydrogen-bond donors (Lipinski definition) is 1. The summed E-state index contributed by atoms with van der Waals surface area (Å²) in [6.07, 6.45) is 7.24. The minimum Gasteiger partial charge on any atom is -0.461 e. The third-order valence-electron chi connectivity index (χ3n) is 4.40. The van der Waals surface area contributed by atoms with Gasteiger partial charge in [-0.1, -0.05) is 56.2 Å². The van der Waals surface area contributed by atoms with Crippen LogP contribution in [0.4, 0.5) is 0 Å². The van der Waals surface area contributed by atoms with Gasteiger partial charge in [0.1, 0.15) is 6.61 Å². The van der Waals surface area contributed by atoms with Crippen LogP contribution < -0.4 is 5.73 Å². The molecule has 5 nitrogen and oxygen atoms in total. The van der Waals surface area contributed by atoms with Crippen LogP contribution in [0.15, 0.2) is 43.0 Å². The zero-order valence-electron chi connectivity index (χ0n) is 16.6. The van der Waals surface area contributed by atoms with Crippen molar-refractivity contribution in [1.82, 2.24) is 4.90 Å². The van der Waals surface area contributed by atoms with Gasteiger partial charge in [-0.3, -0.25) is 9.59 Å². The van der Waals surface area contributed by atoms with Gasteiger partial charge in [0, 0.05) is 19.5 Å². The van der Waals surface area contributed by atoms with Gasteiger partial charge in [-0.25, -0.2) is 0 Å². The fourth-order valence-electron chi connectivity index (χ4n) is 2.75. The third-order valence-corrected chi connectivity index (χ3v) is 4.40. The third kappa shape index (κ3) is 9.94. The summed E-state index contributed by atoms with van der Waals surface area (Å²) in [4.78, 5) is 26.4. The summed E-state index contributed by atoms with van der Waals surface area (Å²) in [5.41, 5.74) is 7.00. The summed E-state index contributed by atoms with van der Waals surface area (Å²) in [5.74, 6) is -0.405. The Labute approximate surface area is 163 Å². The first-order chi connectivity index (χ1) is 13.1. The van der Waals surface area contributed by atoms with Crippen molar-refractivity contribution in [2.75, 3.05) is 13.1 Å². The predicted octanol–water partition coefficient (Wildman–Crippen LogP) is 3.82. The van der Waals surface area contributed by atoms with Crippen LogP contribution in [-0.4, -0.2) is 35.9 Å². The van der Waals surface area contributed by atoms with Crippen molar-refractivity contribution in [2.24, 2.45) is 5.73 Å². The maximum absolute atomic E-state index is 12.6. The molecule has 0 fully saturated rings. The molecule has 0 heterocycles. The predicted molar refractivity (Wildman–Crippen MR) is 109 cm³/mol. The molecule has 1 atom stereocenters. The Bertz CT molecular complexity index is 560. The second-order valence-corrected chi connectivity index (χ2v) is 6.75. The van der Waals surface area contributed by atoms with Crippen LogP contribution >= 0.6 is 0 Å². The van der Waals surface area contributed by atoms with Crippen LogP contribution in [0.2, 0.25) is 0 Å². The molecule has 0 saturated heterocycles. The van der Waals surface area contributed by atoms with Crippen LogP contribution in [0.5, 0.6) is 0 Å². The first kappa shape index (κ1) is 22.9. The summed E-state index contributed by atoms with van der Waals surface area (Å²) in [7, 11) is 0. The Morgan fingerprint density at radius 1 is 1.19 bits per heavy atom. The molecule has 0 bridgehead atoms. The maximum atomic E-state index is 12.6. The number of nitrogens with zero attached hydrogens (tertiary/aromatic N) is 1. The van der Waals surface area contributed by atoms with Gasteiger partial charge >= 0.3 is 5.97 Å². The van der Waals surface area contributed by atoms with Crippen LogP contribution in [0.3, 0.4) is 0 Å². The van der Waals surface area contributed by atoms with Crippen molar-refractivity contribution in [3.63, 3.8) is 0 Å². The highest BCUT2D eigenvalue weighted by Gasteiger charge is 2.21. The van der Waals surface area contributed by atoms with Gasteiger partial charge in [0.2, 0.25) is 5.91 Å². The molecule has 1 amide bonds. The van der Waals surface area contributed by atoms with Crippen molar-refractivity contribution < 1.29 is 14.3 Å². The van der Waals surface area contributed by atoms with E-state index in [4.69, 9.17) is 10.5 Å². The lowest BCUT2D eigenvalue weighted by Crippen LogP contribution is -2.44. The Hall–Kier alpha value is -2.14. The molecular weight excluding hydrogens is 340 g/mol. The molecule has 0 aliphatic rings. The van der Waals surface area contributed by atoms with Crippen LogP contribution in [-0.2, 0) is 20.9 Å². The number of amides is 1. The normalized spacial score (nSPS) is 11.6. The summed E-state index contributed by atoms with van der Waals surface area (Å²) in [6, 6.07) is 8.85. The van der Waals surface area contributed by atoms with E-state index in [0.29, 0.717) is 13.0 Å². The topological polar surface area (TPSA) is 72.6 Å². The lowest BCUT2D eigenvalue weighted by atomic mass is 10.1. The smallest absolute Gasteiger partial charge is 0.306 e. The van der Waals surface area contributed by atoms with E-state index in [0.717, 1.165) is 44.2 Å². The van der Waals surface area contributed by atoms with Gasteiger partial charge in [-0.05, 0) is 31.2 Å². The number of benzene rings is 1. The zero-order valence-corrected chi connectivity index (χ0v) is 16.6. The van der Waals surface area contributed by atoms with Gasteiger partial charge in [0.05, 0.1) is 6.04 Å². The van der Waals surface area contributed by atoms with E-state index in [9.17, 15) is 9.59 Å². The highest BCUT2D eigenvalue weighted by molar-refractivity contribution is 5.82. The SMILES string of the molecule is C=CCCCN(CCCCC)C(=O)[C@H](N)CCC(=O)OCc1ccccc1. The minimum atomic E-state index is -0.667. The minimum absolute atomic E-state index is 0.0778. The zero-order chi connectivity index (χ0) is 19.9. The Morgan fingerprint density at radius 3 is 2.56 bits per heavy atom. The van der Waals surface area contributed by atoms with Crippen molar-refractivity contribution >= 4 is 11.9 Å². The van der Waals surface area contributed by atoms with E-state index < -0.39 is 6.04 Å². The molecule has 1 rings (SSSR count). The quantitative estimate of drug-likeness (QED) is 0.305. The molecule has 0 saturated carbocycles. The average molecular weight is 375 g/mol. The number of nitrogens with two attached hydrogens (primary N) is 1. The second-order valence-electron chi connectivity index (χ2n) is 6.75. The Morgan fingerprint density at radius 2 is 1.89 bits per heavy atom. The van der Waals surface area contributed by atoms with E-state index in [-0.39, 0.29) is 24.9 Å².